The average molecular weight is 226 g/mol. The summed E-state index contributed by atoms with van der Waals surface area (Å²) in [5.41, 5.74) is 0.0789. The molecule has 0 spiro atoms. The first-order valence-corrected chi connectivity index (χ1v) is 6.72. The zero-order valence-corrected chi connectivity index (χ0v) is 11.0. The molecule has 2 heterocycles. The Morgan fingerprint density at radius 1 is 1.44 bits per heavy atom. The van der Waals surface area contributed by atoms with Crippen LogP contribution in [-0.2, 0) is 4.74 Å². The number of nitrogens with one attached hydrogen (secondary N) is 1. The van der Waals surface area contributed by atoms with Crippen LogP contribution in [0.1, 0.15) is 40.0 Å². The normalized spacial score (nSPS) is 36.2. The van der Waals surface area contributed by atoms with Crippen molar-refractivity contribution >= 4 is 0 Å². The number of ether oxygens (including phenoxy) is 1. The van der Waals surface area contributed by atoms with E-state index in [9.17, 15) is 0 Å². The fraction of sp³-hybridized carbons (Fsp3) is 1.00. The van der Waals surface area contributed by atoms with Gasteiger partial charge in [-0.15, -0.1) is 0 Å². The van der Waals surface area contributed by atoms with Crippen LogP contribution >= 0.6 is 0 Å². The monoisotopic (exact) mass is 226 g/mol. The fourth-order valence-corrected chi connectivity index (χ4v) is 2.97. The van der Waals surface area contributed by atoms with Gasteiger partial charge in [0.2, 0.25) is 0 Å². The lowest BCUT2D eigenvalue weighted by molar-refractivity contribution is -0.0862. The number of hydrogen-bond acceptors (Lipinski definition) is 3. The van der Waals surface area contributed by atoms with Crippen molar-refractivity contribution in [3.05, 3.63) is 0 Å². The summed E-state index contributed by atoms with van der Waals surface area (Å²) in [7, 11) is 0. The van der Waals surface area contributed by atoms with Crippen LogP contribution in [0.25, 0.3) is 0 Å². The molecule has 0 saturated carbocycles. The van der Waals surface area contributed by atoms with Crippen LogP contribution in [0.2, 0.25) is 0 Å². The molecule has 2 saturated heterocycles. The maximum atomic E-state index is 5.80. The molecular weight excluding hydrogens is 200 g/mol. The molecule has 2 aliphatic rings. The van der Waals surface area contributed by atoms with Crippen molar-refractivity contribution < 1.29 is 4.74 Å². The van der Waals surface area contributed by atoms with Crippen LogP contribution in [0.5, 0.6) is 0 Å². The quantitative estimate of drug-likeness (QED) is 0.774. The van der Waals surface area contributed by atoms with Gasteiger partial charge in [0.15, 0.2) is 0 Å². The van der Waals surface area contributed by atoms with Crippen molar-refractivity contribution in [2.75, 3.05) is 26.2 Å². The van der Waals surface area contributed by atoms with Crippen LogP contribution in [0, 0.1) is 0 Å². The Labute approximate surface area is 99.5 Å². The minimum Gasteiger partial charge on any atom is -0.375 e. The SMILES string of the molecule is CCC1CN(C2CCOC(C)(C)C2)CCN1. The highest BCUT2D eigenvalue weighted by molar-refractivity contribution is 4.88. The third kappa shape index (κ3) is 2.96. The Morgan fingerprint density at radius 2 is 2.25 bits per heavy atom. The first-order chi connectivity index (χ1) is 7.61. The van der Waals surface area contributed by atoms with E-state index in [1.165, 1.54) is 32.4 Å². The van der Waals surface area contributed by atoms with E-state index in [0.29, 0.717) is 6.04 Å². The number of nitrogens with zero attached hydrogens (tertiary/aromatic N) is 1. The molecule has 0 aliphatic carbocycles. The van der Waals surface area contributed by atoms with Crippen LogP contribution < -0.4 is 5.32 Å². The van der Waals surface area contributed by atoms with Gasteiger partial charge in [-0.1, -0.05) is 6.92 Å². The first kappa shape index (κ1) is 12.3. The highest BCUT2D eigenvalue weighted by Crippen LogP contribution is 2.27. The third-order valence-corrected chi connectivity index (χ3v) is 3.97. The highest BCUT2D eigenvalue weighted by Gasteiger charge is 2.33. The van der Waals surface area contributed by atoms with E-state index in [2.05, 4.69) is 31.0 Å². The van der Waals surface area contributed by atoms with Crippen molar-refractivity contribution in [3.63, 3.8) is 0 Å². The van der Waals surface area contributed by atoms with Crippen molar-refractivity contribution in [3.8, 4) is 0 Å². The number of piperazine rings is 1. The van der Waals surface area contributed by atoms with Gasteiger partial charge in [0, 0.05) is 38.3 Å². The topological polar surface area (TPSA) is 24.5 Å². The molecule has 2 atom stereocenters. The van der Waals surface area contributed by atoms with Gasteiger partial charge in [0.25, 0.3) is 0 Å². The first-order valence-electron chi connectivity index (χ1n) is 6.72. The molecule has 0 aromatic carbocycles. The second kappa shape index (κ2) is 5.03. The second-order valence-corrected chi connectivity index (χ2v) is 5.81. The molecular formula is C13H26N2O. The molecule has 2 unspecified atom stereocenters. The Hall–Kier alpha value is -0.120. The molecule has 0 amide bonds. The summed E-state index contributed by atoms with van der Waals surface area (Å²) in [6.45, 7) is 11.2. The van der Waals surface area contributed by atoms with Crippen molar-refractivity contribution in [2.24, 2.45) is 0 Å². The van der Waals surface area contributed by atoms with Crippen molar-refractivity contribution in [2.45, 2.75) is 57.7 Å². The summed E-state index contributed by atoms with van der Waals surface area (Å²) >= 11 is 0. The summed E-state index contributed by atoms with van der Waals surface area (Å²) in [4.78, 5) is 2.68. The maximum Gasteiger partial charge on any atom is 0.0641 e. The van der Waals surface area contributed by atoms with E-state index in [1.54, 1.807) is 0 Å². The van der Waals surface area contributed by atoms with Crippen LogP contribution in [-0.4, -0.2) is 48.8 Å². The molecule has 0 radical (unpaired) electrons. The summed E-state index contributed by atoms with van der Waals surface area (Å²) < 4.78 is 5.80. The number of hydrogen-bond donors (Lipinski definition) is 1. The lowest BCUT2D eigenvalue weighted by Crippen LogP contribution is -2.56. The second-order valence-electron chi connectivity index (χ2n) is 5.81. The molecule has 2 fully saturated rings. The highest BCUT2D eigenvalue weighted by atomic mass is 16.5. The fourth-order valence-electron chi connectivity index (χ4n) is 2.97. The molecule has 1 N–H and O–H groups in total. The van der Waals surface area contributed by atoms with Crippen LogP contribution in [0.3, 0.4) is 0 Å². The minimum atomic E-state index is 0.0789. The largest absolute Gasteiger partial charge is 0.375 e. The van der Waals surface area contributed by atoms with Gasteiger partial charge in [-0.3, -0.25) is 4.90 Å². The van der Waals surface area contributed by atoms with Gasteiger partial charge in [-0.05, 0) is 33.1 Å². The van der Waals surface area contributed by atoms with Crippen molar-refractivity contribution in [1.29, 1.82) is 0 Å². The van der Waals surface area contributed by atoms with Gasteiger partial charge >= 0.3 is 0 Å². The summed E-state index contributed by atoms with van der Waals surface area (Å²) in [6.07, 6.45) is 3.63. The average Bonchev–Trinajstić information content (AvgIpc) is 2.28. The predicted molar refractivity (Wildman–Crippen MR) is 66.7 cm³/mol. The molecule has 0 bridgehead atoms. The van der Waals surface area contributed by atoms with Crippen LogP contribution in [0.4, 0.5) is 0 Å². The Bertz CT molecular complexity index is 230. The van der Waals surface area contributed by atoms with E-state index >= 15 is 0 Å². The third-order valence-electron chi connectivity index (χ3n) is 3.97. The number of rotatable bonds is 2. The summed E-state index contributed by atoms with van der Waals surface area (Å²) in [5.74, 6) is 0. The molecule has 0 aromatic rings. The molecule has 94 valence electrons. The lowest BCUT2D eigenvalue weighted by Gasteiger charge is -2.44. The molecule has 2 rings (SSSR count). The molecule has 2 aliphatic heterocycles. The van der Waals surface area contributed by atoms with E-state index in [1.807, 2.05) is 0 Å². The van der Waals surface area contributed by atoms with Gasteiger partial charge in [-0.2, -0.15) is 0 Å². The van der Waals surface area contributed by atoms with Gasteiger partial charge < -0.3 is 10.1 Å². The lowest BCUT2D eigenvalue weighted by atomic mass is 9.92. The maximum absolute atomic E-state index is 5.80. The predicted octanol–water partition coefficient (Wildman–Crippen LogP) is 1.63. The van der Waals surface area contributed by atoms with E-state index in [0.717, 1.165) is 19.2 Å². The van der Waals surface area contributed by atoms with Crippen molar-refractivity contribution in [1.82, 2.24) is 10.2 Å². The van der Waals surface area contributed by atoms with E-state index in [-0.39, 0.29) is 5.60 Å². The molecule has 3 heteroatoms. The van der Waals surface area contributed by atoms with E-state index < -0.39 is 0 Å². The Kier molecular flexibility index (Phi) is 3.88. The standard InChI is InChI=1S/C13H26N2O/c1-4-11-10-15(7-6-14-11)12-5-8-16-13(2,3)9-12/h11-12,14H,4-10H2,1-3H3. The molecule has 3 nitrogen and oxygen atoms in total. The Morgan fingerprint density at radius 3 is 2.94 bits per heavy atom. The minimum absolute atomic E-state index is 0.0789. The Balaban J connectivity index is 1.91. The molecule has 0 aromatic heterocycles. The molecule has 16 heavy (non-hydrogen) atoms. The van der Waals surface area contributed by atoms with E-state index in [4.69, 9.17) is 4.74 Å². The van der Waals surface area contributed by atoms with Gasteiger partial charge in [0.1, 0.15) is 0 Å². The van der Waals surface area contributed by atoms with Crippen LogP contribution in [0.15, 0.2) is 0 Å². The van der Waals surface area contributed by atoms with Gasteiger partial charge in [0.05, 0.1) is 5.60 Å². The smallest absolute Gasteiger partial charge is 0.0641 e. The summed E-state index contributed by atoms with van der Waals surface area (Å²) in [5, 5.41) is 3.59. The summed E-state index contributed by atoms with van der Waals surface area (Å²) in [6, 6.07) is 1.43. The van der Waals surface area contributed by atoms with Gasteiger partial charge in [-0.25, -0.2) is 0 Å². The zero-order valence-electron chi connectivity index (χ0n) is 11.0. The zero-order chi connectivity index (χ0) is 11.6.